The van der Waals surface area contributed by atoms with Crippen molar-refractivity contribution in [3.8, 4) is 0 Å². The summed E-state index contributed by atoms with van der Waals surface area (Å²) < 4.78 is 309. The Morgan fingerprint density at radius 1 is 1.24 bits per heavy atom. The van der Waals surface area contributed by atoms with Gasteiger partial charge in [0.2, 0.25) is 0 Å². The molecule has 1 aliphatic carbocycles. The zero-order chi connectivity index (χ0) is 54.5. The van der Waals surface area contributed by atoms with Crippen LogP contribution in [-0.4, -0.2) is 44.7 Å². The lowest BCUT2D eigenvalue weighted by atomic mass is 9.81. The van der Waals surface area contributed by atoms with Crippen LogP contribution in [0.1, 0.15) is 115 Å². The van der Waals surface area contributed by atoms with Crippen LogP contribution in [0.4, 0.5) is 13.2 Å². The van der Waals surface area contributed by atoms with E-state index in [2.05, 4.69) is 0 Å². The second kappa shape index (κ2) is 11.7. The quantitative estimate of drug-likeness (QED) is 0.297. The first kappa shape index (κ1) is 9.60. The van der Waals surface area contributed by atoms with E-state index in [9.17, 15) is 27.6 Å². The number of hydrogen-bond donors (Lipinski definition) is 1. The number of likely N-dealkylation sites (N-methyl/N-ethyl adjacent to an activating group) is 1. The number of nitrogens with zero attached hydrogens (tertiary/aromatic N) is 1. The molecular weight excluding hydrogens is 529 g/mol. The Labute approximate surface area is 273 Å². The van der Waals surface area contributed by atoms with Crippen molar-refractivity contribution in [2.24, 2.45) is 0 Å². The van der Waals surface area contributed by atoms with Gasteiger partial charge in [-0.05, 0) is 55.4 Å². The number of amides is 1. The topological polar surface area (TPSA) is 41.6 Å². The Kier molecular flexibility index (Phi) is 2.96. The smallest absolute Gasteiger partial charge is 0.416 e. The van der Waals surface area contributed by atoms with Gasteiger partial charge in [0.15, 0.2) is 8.32 Å². The van der Waals surface area contributed by atoms with Crippen LogP contribution in [0.3, 0.4) is 0 Å². The first-order chi connectivity index (χ1) is 29.5. The van der Waals surface area contributed by atoms with E-state index in [-0.39, 0.29) is 0 Å². The third kappa shape index (κ3) is 6.64. The van der Waals surface area contributed by atoms with Crippen molar-refractivity contribution in [3.05, 3.63) is 70.1 Å². The highest BCUT2D eigenvalue weighted by molar-refractivity contribution is 6.74. The van der Waals surface area contributed by atoms with E-state index in [0.29, 0.717) is 0 Å². The van der Waals surface area contributed by atoms with Crippen LogP contribution >= 0.6 is 11.6 Å². The van der Waals surface area contributed by atoms with Crippen molar-refractivity contribution >= 4 is 25.8 Å². The zero-order valence-electron chi connectivity index (χ0n) is 49.8. The number of alkyl halides is 3. The van der Waals surface area contributed by atoms with Crippen LogP contribution < -0.4 is 5.32 Å². The largest absolute Gasteiger partial charge is 0.417 e. The highest BCUT2D eigenvalue weighted by Gasteiger charge is 2.46. The van der Waals surface area contributed by atoms with E-state index < -0.39 is 170 Å². The van der Waals surface area contributed by atoms with Gasteiger partial charge in [-0.1, -0.05) is 81.4 Å². The third-order valence-corrected chi connectivity index (χ3v) is 7.88. The first-order valence-corrected chi connectivity index (χ1v) is 12.6. The maximum Gasteiger partial charge on any atom is 0.417 e. The van der Waals surface area contributed by atoms with Crippen LogP contribution in [0.15, 0.2) is 48.3 Å². The van der Waals surface area contributed by atoms with Crippen LogP contribution in [0.2, 0.25) is 23.0 Å². The Balaban J connectivity index is 3.01. The molecule has 0 aliphatic heterocycles. The van der Waals surface area contributed by atoms with E-state index in [0.717, 1.165) is 20.8 Å². The molecule has 4 nitrogen and oxygen atoms in total. The highest BCUT2D eigenvalue weighted by atomic mass is 35.5. The van der Waals surface area contributed by atoms with Crippen molar-refractivity contribution in [1.29, 1.82) is 0 Å². The SMILES string of the molecule is [2H]c1c([2H])c([2H])c(C([2H])(NC(=O)c2c([2H])c([2H])c([2H])c(C(F)(F)F)c2Cl)C2(N(C([2H])([2H])[2H])C([2H])([2H])C([2H])([2H])O[Si](C([2H])([2H])[2H])(C([2H])([2H])[2H])C(C)(C)C)C([2H])([2H])C([2H])([2H])C([2H])([2H])C2([2H])[2H])c([2H])c1[2H]. The predicted molar refractivity (Wildman–Crippen MR) is 150 cm³/mol. The van der Waals surface area contributed by atoms with Crippen molar-refractivity contribution < 1.29 is 63.5 Å². The molecule has 0 saturated heterocycles. The lowest BCUT2D eigenvalue weighted by Crippen LogP contribution is -2.56. The molecule has 1 saturated carbocycles. The molecule has 1 unspecified atom stereocenters. The average molecular weight is 599 g/mol. The number of carbonyl (C=O) groups excluding carboxylic acids is 1. The first-order valence-electron chi connectivity index (χ1n) is 25.3. The number of hydrogen-bond acceptors (Lipinski definition) is 3. The van der Waals surface area contributed by atoms with Crippen LogP contribution in [-0.2, 0) is 10.6 Å². The molecule has 0 radical (unpaired) electrons. The van der Waals surface area contributed by atoms with Gasteiger partial charge in [-0.15, -0.1) is 0 Å². The van der Waals surface area contributed by atoms with Gasteiger partial charge in [0.25, 0.3) is 5.91 Å². The van der Waals surface area contributed by atoms with Crippen molar-refractivity contribution in [2.75, 3.05) is 20.0 Å². The van der Waals surface area contributed by atoms with Gasteiger partial charge in [-0.25, -0.2) is 0 Å². The summed E-state index contributed by atoms with van der Waals surface area (Å²) in [6.07, 6.45) is -25.9. The minimum Gasteiger partial charge on any atom is -0.416 e. The lowest BCUT2D eigenvalue weighted by Gasteiger charge is -2.46. The summed E-state index contributed by atoms with van der Waals surface area (Å²) in [6, 6.07) is -19.5. The third-order valence-electron chi connectivity index (χ3n) is 4.98. The van der Waals surface area contributed by atoms with Crippen LogP contribution in [0, 0.1) is 0 Å². The fraction of sp³-hybridized carbons (Fsp3) is 0.552. The molecule has 1 N–H and O–H groups in total. The van der Waals surface area contributed by atoms with Crippen molar-refractivity contribution in [3.63, 3.8) is 0 Å². The Bertz CT molecular complexity index is 2290. The van der Waals surface area contributed by atoms with Gasteiger partial charge in [-0.2, -0.15) is 13.2 Å². The number of halogens is 4. The van der Waals surface area contributed by atoms with E-state index in [1.807, 2.05) is 0 Å². The summed E-state index contributed by atoms with van der Waals surface area (Å²) in [7, 11) is -6.27. The molecule has 2 aromatic rings. The molecular formula is C29H40ClF3N2O2Si. The van der Waals surface area contributed by atoms with E-state index in [4.69, 9.17) is 47.6 Å². The second-order valence-corrected chi connectivity index (χ2v) is 12.0. The molecule has 1 aliphatic rings. The number of benzene rings is 2. The molecule has 0 aromatic heterocycles. The van der Waals surface area contributed by atoms with Crippen molar-refractivity contribution in [2.45, 2.75) is 82.0 Å². The standard InChI is InChI=1S/C29H40ClF3N2O2Si/c1-27(2,3)38(5,6)37-20-19-35(4)28(17-10-11-18-28)25(21-13-8-7-9-14-21)34-26(36)22-15-12-16-23(24(22)30)29(31,32)33/h7-9,12-16,25H,10-11,17-20H2,1-6H3,(H,34,36)/i4D3,5D3,6D3,7D,8D,9D,10D2,11D2,12D,13D,14D,15D,16D,17D2,18D2,19D2,20D2,25D. The monoisotopic (exact) mass is 598 g/mol. The minimum absolute atomic E-state index is 0.859. The Hall–Kier alpha value is -1.87. The van der Waals surface area contributed by atoms with Gasteiger partial charge in [0.1, 0.15) is 0 Å². The normalized spacial score (nSPS) is 36.4. The van der Waals surface area contributed by atoms with Crippen LogP contribution in [0.5, 0.6) is 0 Å². The number of carbonyl (C=O) groups is 1. The molecule has 0 spiro atoms. The van der Waals surface area contributed by atoms with Crippen molar-refractivity contribution in [1.82, 2.24) is 10.2 Å². The van der Waals surface area contributed by atoms with Gasteiger partial charge >= 0.3 is 6.18 Å². The number of rotatable bonds is 9. The molecule has 38 heavy (non-hydrogen) atoms. The summed E-state index contributed by atoms with van der Waals surface area (Å²) in [5.41, 5.74) is -12.2. The summed E-state index contributed by atoms with van der Waals surface area (Å²) in [6.45, 7) is -20.9. The molecule has 3 rings (SSSR count). The molecule has 0 heterocycles. The Morgan fingerprint density at radius 3 is 2.45 bits per heavy atom. The Morgan fingerprint density at radius 2 is 1.89 bits per heavy atom. The predicted octanol–water partition coefficient (Wildman–Crippen LogP) is 8.10. The summed E-state index contributed by atoms with van der Waals surface area (Å²) in [4.78, 5) is 13.1. The molecule has 2 aromatic carbocycles. The van der Waals surface area contributed by atoms with Gasteiger partial charge in [-0.3, -0.25) is 9.69 Å². The zero-order valence-corrected chi connectivity index (χ0v) is 21.5. The maximum absolute atomic E-state index is 14.7. The summed E-state index contributed by atoms with van der Waals surface area (Å²) in [5.74, 6) is -2.67. The summed E-state index contributed by atoms with van der Waals surface area (Å²) in [5, 5.41) is -3.17. The molecule has 9 heteroatoms. The van der Waals surface area contributed by atoms with E-state index in [1.165, 1.54) is 5.32 Å². The maximum atomic E-state index is 14.7. The van der Waals surface area contributed by atoms with Crippen LogP contribution in [0.25, 0.3) is 0 Å². The summed E-state index contributed by atoms with van der Waals surface area (Å²) >= 11 is 5.91. The highest BCUT2D eigenvalue weighted by Crippen LogP contribution is 2.45. The number of nitrogens with one attached hydrogen (secondary N) is 1. The van der Waals surface area contributed by atoms with Gasteiger partial charge < -0.3 is 9.74 Å². The van der Waals surface area contributed by atoms with E-state index in [1.54, 1.807) is 0 Å². The molecule has 1 atom stereocenters. The second-order valence-electron chi connectivity index (χ2n) is 8.56. The molecule has 1 fully saturated rings. The minimum atomic E-state index is -6.27. The molecule has 210 valence electrons. The average Bonchev–Trinajstić information content (AvgIpc) is 3.15. The van der Waals surface area contributed by atoms with Gasteiger partial charge in [0, 0.05) is 44.6 Å². The fourth-order valence-electron chi connectivity index (χ4n) is 2.63. The fourth-order valence-corrected chi connectivity index (χ4v) is 3.43. The molecule has 1 amide bonds. The lowest BCUT2D eigenvalue weighted by molar-refractivity contribution is -0.137. The molecule has 0 bridgehead atoms. The van der Waals surface area contributed by atoms with E-state index >= 15 is 0 Å². The van der Waals surface area contributed by atoms with Gasteiger partial charge in [0.05, 0.1) is 37.2 Å².